The SMILES string of the molecule is CNC(C)Cc1ccc(-c2c(Cl)cc(Cl)c3nsnc23)o1. The van der Waals surface area contributed by atoms with Crippen LogP contribution in [0.15, 0.2) is 22.6 Å². The molecule has 0 amide bonds. The fourth-order valence-corrected chi connectivity index (χ4v) is 3.34. The molecule has 110 valence electrons. The monoisotopic (exact) mass is 341 g/mol. The minimum absolute atomic E-state index is 0.339. The third-order valence-corrected chi connectivity index (χ3v) is 4.47. The van der Waals surface area contributed by atoms with Gasteiger partial charge in [-0.15, -0.1) is 0 Å². The van der Waals surface area contributed by atoms with Gasteiger partial charge in [0.05, 0.1) is 27.3 Å². The quantitative estimate of drug-likeness (QED) is 0.763. The van der Waals surface area contributed by atoms with E-state index in [-0.39, 0.29) is 0 Å². The van der Waals surface area contributed by atoms with Crippen LogP contribution in [0.2, 0.25) is 10.0 Å². The number of benzene rings is 1. The Morgan fingerprint density at radius 1 is 1.24 bits per heavy atom. The first-order valence-corrected chi connectivity index (χ1v) is 7.95. The number of likely N-dealkylation sites (N-methyl/N-ethyl adjacent to an activating group) is 1. The van der Waals surface area contributed by atoms with Gasteiger partial charge in [-0.2, -0.15) is 8.75 Å². The molecule has 2 heterocycles. The summed E-state index contributed by atoms with van der Waals surface area (Å²) in [6, 6.07) is 5.89. The Hall–Kier alpha value is -1.14. The molecule has 1 atom stereocenters. The summed E-state index contributed by atoms with van der Waals surface area (Å²) >= 11 is 13.6. The van der Waals surface area contributed by atoms with Gasteiger partial charge in [-0.25, -0.2) is 0 Å². The van der Waals surface area contributed by atoms with Gasteiger partial charge in [-0.05, 0) is 32.2 Å². The van der Waals surface area contributed by atoms with Crippen molar-refractivity contribution < 1.29 is 4.42 Å². The van der Waals surface area contributed by atoms with Gasteiger partial charge >= 0.3 is 0 Å². The largest absolute Gasteiger partial charge is 0.461 e. The molecule has 7 heteroatoms. The van der Waals surface area contributed by atoms with Crippen molar-refractivity contribution in [3.05, 3.63) is 34.0 Å². The van der Waals surface area contributed by atoms with E-state index in [2.05, 4.69) is 21.0 Å². The molecular formula is C14H13Cl2N3OS. The van der Waals surface area contributed by atoms with E-state index >= 15 is 0 Å². The second-order valence-electron chi connectivity index (χ2n) is 4.84. The van der Waals surface area contributed by atoms with Crippen molar-refractivity contribution >= 4 is 46.0 Å². The molecule has 3 rings (SSSR count). The minimum Gasteiger partial charge on any atom is -0.461 e. The summed E-state index contributed by atoms with van der Waals surface area (Å²) in [7, 11) is 1.93. The average molecular weight is 342 g/mol. The lowest BCUT2D eigenvalue weighted by Crippen LogP contribution is -2.23. The molecule has 0 aliphatic rings. The summed E-state index contributed by atoms with van der Waals surface area (Å²) in [6.45, 7) is 2.10. The van der Waals surface area contributed by atoms with Gasteiger partial charge < -0.3 is 9.73 Å². The van der Waals surface area contributed by atoms with Crippen molar-refractivity contribution in [2.75, 3.05) is 7.05 Å². The van der Waals surface area contributed by atoms with E-state index in [1.807, 2.05) is 19.2 Å². The number of hydrogen-bond acceptors (Lipinski definition) is 5. The van der Waals surface area contributed by atoms with Gasteiger partial charge in [-0.3, -0.25) is 0 Å². The van der Waals surface area contributed by atoms with Gasteiger partial charge in [-0.1, -0.05) is 23.2 Å². The smallest absolute Gasteiger partial charge is 0.138 e. The summed E-state index contributed by atoms with van der Waals surface area (Å²) in [4.78, 5) is 0. The predicted molar refractivity (Wildman–Crippen MR) is 87.4 cm³/mol. The highest BCUT2D eigenvalue weighted by Crippen LogP contribution is 2.38. The molecule has 1 unspecified atom stereocenters. The molecular weight excluding hydrogens is 329 g/mol. The highest BCUT2D eigenvalue weighted by atomic mass is 35.5. The second kappa shape index (κ2) is 5.93. The topological polar surface area (TPSA) is 51.0 Å². The normalized spacial score (nSPS) is 13.0. The van der Waals surface area contributed by atoms with E-state index in [4.69, 9.17) is 27.6 Å². The molecule has 0 spiro atoms. The first-order chi connectivity index (χ1) is 10.1. The van der Waals surface area contributed by atoms with Crippen LogP contribution < -0.4 is 5.32 Å². The molecule has 21 heavy (non-hydrogen) atoms. The van der Waals surface area contributed by atoms with E-state index in [1.54, 1.807) is 6.07 Å². The average Bonchev–Trinajstić information content (AvgIpc) is 3.08. The number of halogens is 2. The number of fused-ring (bicyclic) bond motifs is 1. The Bertz CT molecular complexity index is 784. The lowest BCUT2D eigenvalue weighted by Gasteiger charge is -2.07. The van der Waals surface area contributed by atoms with Crippen LogP contribution in [0, 0.1) is 0 Å². The van der Waals surface area contributed by atoms with Gasteiger partial charge in [0.1, 0.15) is 22.6 Å². The van der Waals surface area contributed by atoms with E-state index in [1.165, 1.54) is 0 Å². The van der Waals surface area contributed by atoms with Crippen LogP contribution >= 0.6 is 34.9 Å². The van der Waals surface area contributed by atoms with Gasteiger partial charge in [0.25, 0.3) is 0 Å². The lowest BCUT2D eigenvalue weighted by molar-refractivity contribution is 0.481. The lowest BCUT2D eigenvalue weighted by atomic mass is 10.1. The maximum absolute atomic E-state index is 6.32. The van der Waals surface area contributed by atoms with Crippen molar-refractivity contribution in [2.24, 2.45) is 0 Å². The fourth-order valence-electron chi connectivity index (χ4n) is 2.13. The molecule has 2 aromatic heterocycles. The van der Waals surface area contributed by atoms with E-state index in [9.17, 15) is 0 Å². The Labute approximate surface area is 136 Å². The number of hydrogen-bond donors (Lipinski definition) is 1. The molecule has 0 radical (unpaired) electrons. The maximum atomic E-state index is 6.32. The highest BCUT2D eigenvalue weighted by molar-refractivity contribution is 7.00. The number of nitrogens with zero attached hydrogens (tertiary/aromatic N) is 2. The zero-order chi connectivity index (χ0) is 15.0. The summed E-state index contributed by atoms with van der Waals surface area (Å²) in [6.07, 6.45) is 0.806. The zero-order valence-electron chi connectivity index (χ0n) is 11.5. The van der Waals surface area contributed by atoms with Crippen LogP contribution in [-0.4, -0.2) is 21.8 Å². The standard InChI is InChI=1S/C14H13Cl2N3OS/c1-7(17-2)5-8-3-4-11(20-8)12-9(15)6-10(16)13-14(12)19-21-18-13/h3-4,6-7,17H,5H2,1-2H3. The molecule has 4 nitrogen and oxygen atoms in total. The highest BCUT2D eigenvalue weighted by Gasteiger charge is 2.18. The van der Waals surface area contributed by atoms with Crippen molar-refractivity contribution in [1.82, 2.24) is 14.1 Å². The van der Waals surface area contributed by atoms with Gasteiger partial charge in [0.2, 0.25) is 0 Å². The molecule has 0 bridgehead atoms. The third-order valence-electron chi connectivity index (χ3n) is 3.35. The summed E-state index contributed by atoms with van der Waals surface area (Å²) in [5.41, 5.74) is 2.08. The summed E-state index contributed by atoms with van der Waals surface area (Å²) in [5, 5.41) is 4.20. The van der Waals surface area contributed by atoms with Crippen molar-refractivity contribution in [1.29, 1.82) is 0 Å². The van der Waals surface area contributed by atoms with Crippen molar-refractivity contribution in [3.63, 3.8) is 0 Å². The van der Waals surface area contributed by atoms with Crippen LogP contribution in [0.3, 0.4) is 0 Å². The van der Waals surface area contributed by atoms with Crippen LogP contribution in [0.5, 0.6) is 0 Å². The Kier molecular flexibility index (Phi) is 4.17. The molecule has 0 saturated heterocycles. The Balaban J connectivity index is 2.07. The molecule has 0 aliphatic heterocycles. The molecule has 1 aromatic carbocycles. The van der Waals surface area contributed by atoms with Crippen molar-refractivity contribution in [3.8, 4) is 11.3 Å². The van der Waals surface area contributed by atoms with E-state index < -0.39 is 0 Å². The minimum atomic E-state index is 0.339. The van der Waals surface area contributed by atoms with Gasteiger partial charge in [0.15, 0.2) is 0 Å². The fraction of sp³-hybridized carbons (Fsp3) is 0.286. The van der Waals surface area contributed by atoms with Crippen LogP contribution in [0.1, 0.15) is 12.7 Å². The van der Waals surface area contributed by atoms with Crippen LogP contribution in [0.4, 0.5) is 0 Å². The Morgan fingerprint density at radius 3 is 2.76 bits per heavy atom. The van der Waals surface area contributed by atoms with Gasteiger partial charge in [0, 0.05) is 12.5 Å². The van der Waals surface area contributed by atoms with E-state index in [0.29, 0.717) is 32.9 Å². The third kappa shape index (κ3) is 2.79. The number of furan rings is 1. The Morgan fingerprint density at radius 2 is 2.00 bits per heavy atom. The zero-order valence-corrected chi connectivity index (χ0v) is 13.8. The van der Waals surface area contributed by atoms with Crippen LogP contribution in [0.25, 0.3) is 22.4 Å². The number of nitrogens with one attached hydrogen (secondary N) is 1. The van der Waals surface area contributed by atoms with Crippen LogP contribution in [-0.2, 0) is 6.42 Å². The molecule has 3 aromatic rings. The number of rotatable bonds is 4. The second-order valence-corrected chi connectivity index (χ2v) is 6.18. The predicted octanol–water partition coefficient (Wildman–Crippen LogP) is 4.41. The molecule has 0 aliphatic carbocycles. The number of aromatic nitrogens is 2. The summed E-state index contributed by atoms with van der Waals surface area (Å²) in [5.74, 6) is 1.59. The van der Waals surface area contributed by atoms with E-state index in [0.717, 1.165) is 29.5 Å². The van der Waals surface area contributed by atoms with Crippen molar-refractivity contribution in [2.45, 2.75) is 19.4 Å². The summed E-state index contributed by atoms with van der Waals surface area (Å²) < 4.78 is 14.4. The first-order valence-electron chi connectivity index (χ1n) is 6.46. The molecule has 0 fully saturated rings. The molecule has 0 saturated carbocycles. The molecule has 1 N–H and O–H groups in total. The maximum Gasteiger partial charge on any atom is 0.138 e. The first kappa shape index (κ1) is 14.8.